The summed E-state index contributed by atoms with van der Waals surface area (Å²) in [6, 6.07) is 16.4. The fourth-order valence-electron chi connectivity index (χ4n) is 3.90. The van der Waals surface area contributed by atoms with E-state index in [2.05, 4.69) is 15.2 Å². The predicted octanol–water partition coefficient (Wildman–Crippen LogP) is 5.68. The SMILES string of the molecule is CC(C)Oc1cc(-c2ccccc2N2Cc3ccc(-c4nnc(C(F)F)o4)cc3C2=O)ccn1. The van der Waals surface area contributed by atoms with Crippen LogP contribution in [-0.2, 0) is 6.54 Å². The molecule has 1 aliphatic rings. The van der Waals surface area contributed by atoms with Crippen molar-refractivity contribution in [3.8, 4) is 28.5 Å². The molecule has 2 aromatic carbocycles. The molecule has 0 unspecified atom stereocenters. The van der Waals surface area contributed by atoms with Crippen LogP contribution in [0.1, 0.15) is 42.1 Å². The highest BCUT2D eigenvalue weighted by molar-refractivity contribution is 6.12. The van der Waals surface area contributed by atoms with Gasteiger partial charge in [-0.3, -0.25) is 4.79 Å². The third kappa shape index (κ3) is 4.00. The lowest BCUT2D eigenvalue weighted by Gasteiger charge is -2.20. The van der Waals surface area contributed by atoms with Crippen LogP contribution in [0.4, 0.5) is 14.5 Å². The lowest BCUT2D eigenvalue weighted by Crippen LogP contribution is -2.23. The molecule has 0 saturated heterocycles. The Bertz CT molecular complexity index is 1370. The number of fused-ring (bicyclic) bond motifs is 1. The second-order valence-electron chi connectivity index (χ2n) is 8.08. The molecule has 5 rings (SSSR count). The van der Waals surface area contributed by atoms with E-state index in [1.54, 1.807) is 29.3 Å². The minimum absolute atomic E-state index is 0.0162. The van der Waals surface area contributed by atoms with E-state index in [0.29, 0.717) is 23.6 Å². The second-order valence-corrected chi connectivity index (χ2v) is 8.08. The first-order valence-electron chi connectivity index (χ1n) is 10.7. The number of hydrogen-bond donors (Lipinski definition) is 0. The Morgan fingerprint density at radius 3 is 2.59 bits per heavy atom. The number of benzene rings is 2. The highest BCUT2D eigenvalue weighted by Crippen LogP contribution is 2.37. The zero-order chi connectivity index (χ0) is 23.8. The van der Waals surface area contributed by atoms with Gasteiger partial charge < -0.3 is 14.1 Å². The normalized spacial score (nSPS) is 13.1. The summed E-state index contributed by atoms with van der Waals surface area (Å²) < 4.78 is 36.4. The number of anilines is 1. The number of pyridine rings is 1. The Labute approximate surface area is 194 Å². The molecule has 0 atom stereocenters. The number of amides is 1. The summed E-state index contributed by atoms with van der Waals surface area (Å²) in [4.78, 5) is 19.3. The van der Waals surface area contributed by atoms with Gasteiger partial charge in [-0.15, -0.1) is 10.2 Å². The third-order valence-corrected chi connectivity index (χ3v) is 5.39. The maximum Gasteiger partial charge on any atom is 0.314 e. The number of rotatable bonds is 6. The molecule has 4 aromatic rings. The number of ether oxygens (including phenoxy) is 1. The number of alkyl halides is 2. The van der Waals surface area contributed by atoms with Crippen molar-refractivity contribution >= 4 is 11.6 Å². The van der Waals surface area contributed by atoms with Gasteiger partial charge in [-0.1, -0.05) is 24.3 Å². The molecule has 34 heavy (non-hydrogen) atoms. The van der Waals surface area contributed by atoms with Crippen LogP contribution in [0.5, 0.6) is 5.88 Å². The van der Waals surface area contributed by atoms with Gasteiger partial charge in [0.2, 0.25) is 11.8 Å². The molecule has 172 valence electrons. The van der Waals surface area contributed by atoms with Crippen molar-refractivity contribution < 1.29 is 22.7 Å². The number of para-hydroxylation sites is 1. The Morgan fingerprint density at radius 2 is 1.82 bits per heavy atom. The van der Waals surface area contributed by atoms with E-state index in [-0.39, 0.29) is 17.9 Å². The summed E-state index contributed by atoms with van der Waals surface area (Å²) in [5, 5.41) is 7.04. The molecule has 0 N–H and O–H groups in total. The monoisotopic (exact) mass is 462 g/mol. The van der Waals surface area contributed by atoms with Crippen LogP contribution in [-0.4, -0.2) is 27.2 Å². The van der Waals surface area contributed by atoms with Crippen LogP contribution in [0.3, 0.4) is 0 Å². The number of carbonyl (C=O) groups excluding carboxylic acids is 1. The van der Waals surface area contributed by atoms with Crippen molar-refractivity contribution in [3.05, 3.63) is 77.8 Å². The molecule has 0 spiro atoms. The fourth-order valence-corrected chi connectivity index (χ4v) is 3.90. The highest BCUT2D eigenvalue weighted by atomic mass is 19.3. The zero-order valence-corrected chi connectivity index (χ0v) is 18.4. The lowest BCUT2D eigenvalue weighted by atomic mass is 10.0. The van der Waals surface area contributed by atoms with Crippen LogP contribution in [0, 0.1) is 0 Å². The van der Waals surface area contributed by atoms with Gasteiger partial charge in [0.15, 0.2) is 0 Å². The third-order valence-electron chi connectivity index (χ3n) is 5.39. The largest absolute Gasteiger partial charge is 0.475 e. The summed E-state index contributed by atoms with van der Waals surface area (Å²) in [5.74, 6) is -0.508. The summed E-state index contributed by atoms with van der Waals surface area (Å²) in [7, 11) is 0. The lowest BCUT2D eigenvalue weighted by molar-refractivity contribution is 0.0996. The number of hydrogen-bond acceptors (Lipinski definition) is 6. The summed E-state index contributed by atoms with van der Waals surface area (Å²) in [5.41, 5.74) is 4.16. The summed E-state index contributed by atoms with van der Waals surface area (Å²) in [6.45, 7) is 4.23. The van der Waals surface area contributed by atoms with Crippen molar-refractivity contribution in [2.45, 2.75) is 32.9 Å². The van der Waals surface area contributed by atoms with E-state index in [0.717, 1.165) is 22.4 Å². The molecule has 3 heterocycles. The van der Waals surface area contributed by atoms with E-state index in [1.165, 1.54) is 0 Å². The Morgan fingerprint density at radius 1 is 1.00 bits per heavy atom. The van der Waals surface area contributed by atoms with Crippen molar-refractivity contribution in [1.82, 2.24) is 15.2 Å². The van der Waals surface area contributed by atoms with Gasteiger partial charge in [-0.25, -0.2) is 4.98 Å². The van der Waals surface area contributed by atoms with Crippen molar-refractivity contribution in [1.29, 1.82) is 0 Å². The Hall–Kier alpha value is -4.14. The molecule has 1 amide bonds. The molecular weight excluding hydrogens is 442 g/mol. The van der Waals surface area contributed by atoms with Gasteiger partial charge in [0.1, 0.15) is 0 Å². The molecule has 0 fully saturated rings. The molecular formula is C25H20F2N4O3. The molecule has 9 heteroatoms. The number of halogens is 2. The van der Waals surface area contributed by atoms with E-state index in [9.17, 15) is 13.6 Å². The van der Waals surface area contributed by atoms with E-state index >= 15 is 0 Å². The quantitative estimate of drug-likeness (QED) is 0.367. The molecule has 0 bridgehead atoms. The van der Waals surface area contributed by atoms with E-state index < -0.39 is 12.3 Å². The van der Waals surface area contributed by atoms with Crippen LogP contribution >= 0.6 is 0 Å². The van der Waals surface area contributed by atoms with E-state index in [1.807, 2.05) is 50.2 Å². The molecule has 0 radical (unpaired) electrons. The number of aromatic nitrogens is 3. The van der Waals surface area contributed by atoms with Crippen LogP contribution in [0.25, 0.3) is 22.6 Å². The predicted molar refractivity (Wildman–Crippen MR) is 121 cm³/mol. The number of carbonyl (C=O) groups is 1. The van der Waals surface area contributed by atoms with Gasteiger partial charge in [0.05, 0.1) is 18.3 Å². The van der Waals surface area contributed by atoms with Crippen LogP contribution < -0.4 is 9.64 Å². The van der Waals surface area contributed by atoms with Gasteiger partial charge in [-0.2, -0.15) is 8.78 Å². The minimum atomic E-state index is -2.86. The molecule has 1 aliphatic heterocycles. The summed E-state index contributed by atoms with van der Waals surface area (Å²) in [6.07, 6.45) is -1.20. The standard InChI is InChI=1S/C25H20F2N4O3/c1-14(2)33-21-12-15(9-10-28-21)18-5-3-4-6-20(18)31-13-17-8-7-16(11-19(17)25(31)32)23-29-30-24(34-23)22(26)27/h3-12,14,22H,13H2,1-2H3. The topological polar surface area (TPSA) is 81.4 Å². The first-order valence-corrected chi connectivity index (χ1v) is 10.7. The first kappa shape index (κ1) is 21.7. The maximum atomic E-state index is 13.4. The van der Waals surface area contributed by atoms with Gasteiger partial charge in [0, 0.05) is 29.0 Å². The summed E-state index contributed by atoms with van der Waals surface area (Å²) >= 11 is 0. The highest BCUT2D eigenvalue weighted by Gasteiger charge is 2.31. The van der Waals surface area contributed by atoms with Gasteiger partial charge in [0.25, 0.3) is 11.8 Å². The first-order chi connectivity index (χ1) is 16.4. The van der Waals surface area contributed by atoms with Crippen molar-refractivity contribution in [2.24, 2.45) is 0 Å². The second kappa shape index (κ2) is 8.66. The molecule has 0 aliphatic carbocycles. The Balaban J connectivity index is 1.48. The zero-order valence-electron chi connectivity index (χ0n) is 18.4. The van der Waals surface area contributed by atoms with Gasteiger partial charge in [-0.05, 0) is 49.2 Å². The maximum absolute atomic E-state index is 13.4. The Kier molecular flexibility index (Phi) is 5.53. The molecule has 7 nitrogen and oxygen atoms in total. The van der Waals surface area contributed by atoms with Crippen molar-refractivity contribution in [2.75, 3.05) is 4.90 Å². The smallest absolute Gasteiger partial charge is 0.314 e. The average molecular weight is 462 g/mol. The molecule has 2 aromatic heterocycles. The molecule has 0 saturated carbocycles. The van der Waals surface area contributed by atoms with Crippen LogP contribution in [0.15, 0.2) is 65.2 Å². The minimum Gasteiger partial charge on any atom is -0.475 e. The average Bonchev–Trinajstić information content (AvgIpc) is 3.44. The number of nitrogens with zero attached hydrogens (tertiary/aromatic N) is 4. The van der Waals surface area contributed by atoms with Crippen LogP contribution in [0.2, 0.25) is 0 Å². The van der Waals surface area contributed by atoms with Crippen molar-refractivity contribution in [3.63, 3.8) is 0 Å². The fraction of sp³-hybridized carbons (Fsp3) is 0.200. The van der Waals surface area contributed by atoms with E-state index in [4.69, 9.17) is 9.15 Å². The van der Waals surface area contributed by atoms with Gasteiger partial charge >= 0.3 is 6.43 Å².